The van der Waals surface area contributed by atoms with E-state index in [1.165, 1.54) is 11.1 Å². The van der Waals surface area contributed by atoms with E-state index in [0.29, 0.717) is 18.2 Å². The maximum Gasteiger partial charge on any atom is 0.228 e. The minimum atomic E-state index is 0.00456. The van der Waals surface area contributed by atoms with Crippen LogP contribution in [0.25, 0.3) is 0 Å². The molecule has 1 aromatic heterocycles. The van der Waals surface area contributed by atoms with Crippen LogP contribution in [0.5, 0.6) is 0 Å². The summed E-state index contributed by atoms with van der Waals surface area (Å²) in [6.45, 7) is 6.80. The van der Waals surface area contributed by atoms with Crippen molar-refractivity contribution in [1.82, 2.24) is 10.2 Å². The molecule has 0 aliphatic carbocycles. The molecule has 23 heavy (non-hydrogen) atoms. The van der Waals surface area contributed by atoms with Gasteiger partial charge < -0.3 is 10.6 Å². The largest absolute Gasteiger partial charge is 0.364 e. The van der Waals surface area contributed by atoms with Crippen LogP contribution in [-0.2, 0) is 11.3 Å². The molecule has 0 aliphatic heterocycles. The number of nitrogens with one attached hydrogen (secondary N) is 2. The fraction of sp³-hybridized carbons (Fsp3) is 0.389. The first-order valence-corrected chi connectivity index (χ1v) is 8.07. The summed E-state index contributed by atoms with van der Waals surface area (Å²) in [4.78, 5) is 12.0. The standard InChI is InChI=1S/C18H24N4O/c1-4-14(5-2)18(23)20-17-11-10-16(21-22-17)19-12-15-9-7-6-8-13(15)3/h6-11,14H,4-5,12H2,1-3H3,(H,19,21)(H,20,22,23). The highest BCUT2D eigenvalue weighted by Crippen LogP contribution is 2.13. The predicted molar refractivity (Wildman–Crippen MR) is 93.2 cm³/mol. The van der Waals surface area contributed by atoms with Gasteiger partial charge in [0.1, 0.15) is 5.82 Å². The first-order chi connectivity index (χ1) is 11.1. The fourth-order valence-corrected chi connectivity index (χ4v) is 2.38. The highest BCUT2D eigenvalue weighted by atomic mass is 16.1. The maximum atomic E-state index is 12.0. The van der Waals surface area contributed by atoms with Gasteiger partial charge in [-0.1, -0.05) is 38.1 Å². The lowest BCUT2D eigenvalue weighted by Gasteiger charge is -2.12. The first-order valence-electron chi connectivity index (χ1n) is 8.07. The molecule has 122 valence electrons. The molecule has 1 amide bonds. The number of hydrogen-bond acceptors (Lipinski definition) is 4. The van der Waals surface area contributed by atoms with Crippen molar-refractivity contribution in [3.63, 3.8) is 0 Å². The van der Waals surface area contributed by atoms with E-state index >= 15 is 0 Å². The van der Waals surface area contributed by atoms with Gasteiger partial charge in [-0.15, -0.1) is 10.2 Å². The fourth-order valence-electron chi connectivity index (χ4n) is 2.38. The third-order valence-corrected chi connectivity index (χ3v) is 3.99. The minimum absolute atomic E-state index is 0.00456. The number of nitrogens with zero attached hydrogens (tertiary/aromatic N) is 2. The second-order valence-electron chi connectivity index (χ2n) is 5.59. The van der Waals surface area contributed by atoms with E-state index < -0.39 is 0 Å². The third-order valence-electron chi connectivity index (χ3n) is 3.99. The number of benzene rings is 1. The van der Waals surface area contributed by atoms with Crippen molar-refractivity contribution in [1.29, 1.82) is 0 Å². The Kier molecular flexibility index (Phi) is 6.09. The molecule has 5 nitrogen and oxygen atoms in total. The SMILES string of the molecule is CCC(CC)C(=O)Nc1ccc(NCc2ccccc2C)nn1. The molecule has 0 bridgehead atoms. The Bertz CT molecular complexity index is 636. The summed E-state index contributed by atoms with van der Waals surface area (Å²) in [6, 6.07) is 11.8. The normalized spacial score (nSPS) is 10.6. The number of hydrogen-bond donors (Lipinski definition) is 2. The smallest absolute Gasteiger partial charge is 0.228 e. The Morgan fingerprint density at radius 3 is 2.30 bits per heavy atom. The molecule has 0 saturated heterocycles. The van der Waals surface area contributed by atoms with Gasteiger partial charge in [-0.3, -0.25) is 4.79 Å². The van der Waals surface area contributed by atoms with Crippen molar-refractivity contribution in [3.05, 3.63) is 47.5 Å². The van der Waals surface area contributed by atoms with Crippen molar-refractivity contribution < 1.29 is 4.79 Å². The number of carbonyl (C=O) groups excluding carboxylic acids is 1. The molecule has 0 atom stereocenters. The number of rotatable bonds is 7. The number of aromatic nitrogens is 2. The lowest BCUT2D eigenvalue weighted by atomic mass is 10.0. The van der Waals surface area contributed by atoms with E-state index in [9.17, 15) is 4.79 Å². The molecular formula is C18H24N4O. The van der Waals surface area contributed by atoms with Crippen molar-refractivity contribution in [2.45, 2.75) is 40.2 Å². The molecule has 0 aliphatic rings. The summed E-state index contributed by atoms with van der Waals surface area (Å²) >= 11 is 0. The number of carbonyl (C=O) groups is 1. The van der Waals surface area contributed by atoms with Crippen molar-refractivity contribution in [3.8, 4) is 0 Å². The van der Waals surface area contributed by atoms with Crippen molar-refractivity contribution in [2.75, 3.05) is 10.6 Å². The summed E-state index contributed by atoms with van der Waals surface area (Å²) in [7, 11) is 0. The molecule has 2 rings (SSSR count). The van der Waals surface area contributed by atoms with Crippen LogP contribution < -0.4 is 10.6 Å². The number of amides is 1. The second kappa shape index (κ2) is 8.27. The molecule has 0 unspecified atom stereocenters. The van der Waals surface area contributed by atoms with Gasteiger partial charge in [0.25, 0.3) is 0 Å². The maximum absolute atomic E-state index is 12.0. The Morgan fingerprint density at radius 2 is 1.70 bits per heavy atom. The molecule has 0 fully saturated rings. The van der Waals surface area contributed by atoms with Gasteiger partial charge in [0, 0.05) is 12.5 Å². The molecule has 1 heterocycles. The summed E-state index contributed by atoms with van der Waals surface area (Å²) < 4.78 is 0. The molecule has 0 radical (unpaired) electrons. The summed E-state index contributed by atoms with van der Waals surface area (Å²) in [5.74, 6) is 1.21. The minimum Gasteiger partial charge on any atom is -0.364 e. The molecule has 0 spiro atoms. The van der Waals surface area contributed by atoms with Gasteiger partial charge >= 0.3 is 0 Å². The van der Waals surface area contributed by atoms with Gasteiger partial charge in [-0.2, -0.15) is 0 Å². The molecule has 2 aromatic rings. The zero-order chi connectivity index (χ0) is 16.7. The number of anilines is 2. The lowest BCUT2D eigenvalue weighted by Crippen LogP contribution is -2.22. The Hall–Kier alpha value is -2.43. The van der Waals surface area contributed by atoms with E-state index in [1.54, 1.807) is 6.07 Å². The average Bonchev–Trinajstić information content (AvgIpc) is 2.56. The van der Waals surface area contributed by atoms with E-state index in [2.05, 4.69) is 39.9 Å². The molecule has 2 N–H and O–H groups in total. The van der Waals surface area contributed by atoms with Crippen LogP contribution in [0.1, 0.15) is 37.8 Å². The van der Waals surface area contributed by atoms with Crippen LogP contribution in [0.15, 0.2) is 36.4 Å². The zero-order valence-electron chi connectivity index (χ0n) is 14.0. The Balaban J connectivity index is 1.92. The zero-order valence-corrected chi connectivity index (χ0v) is 14.0. The van der Waals surface area contributed by atoms with E-state index in [-0.39, 0.29) is 11.8 Å². The van der Waals surface area contributed by atoms with Gasteiger partial charge in [0.15, 0.2) is 5.82 Å². The molecule has 0 saturated carbocycles. The van der Waals surface area contributed by atoms with Crippen molar-refractivity contribution in [2.24, 2.45) is 5.92 Å². The quantitative estimate of drug-likeness (QED) is 0.816. The average molecular weight is 312 g/mol. The third kappa shape index (κ3) is 4.77. The highest BCUT2D eigenvalue weighted by Gasteiger charge is 2.14. The van der Waals surface area contributed by atoms with Crippen LogP contribution in [0.3, 0.4) is 0 Å². The first kappa shape index (κ1) is 16.9. The van der Waals surface area contributed by atoms with E-state index in [0.717, 1.165) is 12.8 Å². The van der Waals surface area contributed by atoms with Gasteiger partial charge in [0.2, 0.25) is 5.91 Å². The number of aryl methyl sites for hydroxylation is 1. The molecular weight excluding hydrogens is 288 g/mol. The monoisotopic (exact) mass is 312 g/mol. The highest BCUT2D eigenvalue weighted by molar-refractivity contribution is 5.91. The van der Waals surface area contributed by atoms with Crippen molar-refractivity contribution >= 4 is 17.5 Å². The van der Waals surface area contributed by atoms with Gasteiger partial charge in [0.05, 0.1) is 0 Å². The summed E-state index contributed by atoms with van der Waals surface area (Å²) in [5, 5.41) is 14.2. The lowest BCUT2D eigenvalue weighted by molar-refractivity contribution is -0.120. The second-order valence-corrected chi connectivity index (χ2v) is 5.59. The van der Waals surface area contributed by atoms with Crippen LogP contribution in [0, 0.1) is 12.8 Å². The van der Waals surface area contributed by atoms with Crippen LogP contribution in [-0.4, -0.2) is 16.1 Å². The topological polar surface area (TPSA) is 66.9 Å². The van der Waals surface area contributed by atoms with E-state index in [4.69, 9.17) is 0 Å². The van der Waals surface area contributed by atoms with E-state index in [1.807, 2.05) is 32.0 Å². The summed E-state index contributed by atoms with van der Waals surface area (Å²) in [6.07, 6.45) is 1.65. The van der Waals surface area contributed by atoms with Crippen LogP contribution in [0.2, 0.25) is 0 Å². The molecule has 1 aromatic carbocycles. The summed E-state index contributed by atoms with van der Waals surface area (Å²) in [5.41, 5.74) is 2.46. The van der Waals surface area contributed by atoms with Gasteiger partial charge in [-0.25, -0.2) is 0 Å². The Morgan fingerprint density at radius 1 is 1.04 bits per heavy atom. The van der Waals surface area contributed by atoms with Gasteiger partial charge in [-0.05, 0) is 43.0 Å². The van der Waals surface area contributed by atoms with Crippen LogP contribution in [0.4, 0.5) is 11.6 Å². The van der Waals surface area contributed by atoms with Crippen LogP contribution >= 0.6 is 0 Å². The Labute approximate surface area is 137 Å². The molecule has 5 heteroatoms. The predicted octanol–water partition coefficient (Wildman–Crippen LogP) is 3.77.